The first kappa shape index (κ1) is 9.03. The topological polar surface area (TPSA) is 33.1 Å². The molecule has 1 aromatic heterocycles. The summed E-state index contributed by atoms with van der Waals surface area (Å²) in [6.07, 6.45) is 3.64. The van der Waals surface area contributed by atoms with Crippen LogP contribution in [0.25, 0.3) is 0 Å². The van der Waals surface area contributed by atoms with Gasteiger partial charge in [0.2, 0.25) is 0 Å². The van der Waals surface area contributed by atoms with Crippen LogP contribution in [-0.2, 0) is 6.61 Å². The van der Waals surface area contributed by atoms with Crippen LogP contribution >= 0.6 is 27.7 Å². The molecule has 0 amide bonds. The van der Waals surface area contributed by atoms with Crippen molar-refractivity contribution in [1.29, 1.82) is 0 Å². The van der Waals surface area contributed by atoms with Gasteiger partial charge in [-0.1, -0.05) is 0 Å². The van der Waals surface area contributed by atoms with Crippen LogP contribution in [0.15, 0.2) is 21.8 Å². The molecule has 0 aliphatic carbocycles. The minimum absolute atomic E-state index is 0.0419. The first-order valence-corrected chi connectivity index (χ1v) is 5.09. The smallest absolute Gasteiger partial charge is 0.110 e. The van der Waals surface area contributed by atoms with E-state index in [4.69, 9.17) is 5.11 Å². The number of aliphatic hydroxyl groups excluding tert-OH is 1. The number of hydrogen-bond acceptors (Lipinski definition) is 3. The number of thioether (sulfide) groups is 1. The van der Waals surface area contributed by atoms with Gasteiger partial charge >= 0.3 is 0 Å². The minimum Gasteiger partial charge on any atom is -0.392 e. The average molecular weight is 234 g/mol. The van der Waals surface area contributed by atoms with Gasteiger partial charge in [0.1, 0.15) is 5.03 Å². The zero-order valence-electron chi connectivity index (χ0n) is 6.04. The second kappa shape index (κ2) is 4.09. The van der Waals surface area contributed by atoms with E-state index in [1.807, 2.05) is 12.3 Å². The van der Waals surface area contributed by atoms with E-state index in [2.05, 4.69) is 20.9 Å². The predicted octanol–water partition coefficient (Wildman–Crippen LogP) is 2.06. The van der Waals surface area contributed by atoms with Crippen molar-refractivity contribution in [2.75, 3.05) is 6.26 Å². The number of pyridine rings is 1. The van der Waals surface area contributed by atoms with E-state index in [1.165, 1.54) is 0 Å². The summed E-state index contributed by atoms with van der Waals surface area (Å²) >= 11 is 4.93. The van der Waals surface area contributed by atoms with Gasteiger partial charge in [0.15, 0.2) is 0 Å². The zero-order chi connectivity index (χ0) is 8.27. The lowest BCUT2D eigenvalue weighted by Crippen LogP contribution is -1.87. The molecule has 4 heteroatoms. The Kier molecular flexibility index (Phi) is 3.36. The van der Waals surface area contributed by atoms with E-state index in [-0.39, 0.29) is 6.61 Å². The molecule has 0 aromatic carbocycles. The predicted molar refractivity (Wildman–Crippen MR) is 49.6 cm³/mol. The zero-order valence-corrected chi connectivity index (χ0v) is 8.44. The quantitative estimate of drug-likeness (QED) is 0.795. The molecule has 0 radical (unpaired) electrons. The monoisotopic (exact) mass is 233 g/mol. The molecule has 60 valence electrons. The highest BCUT2D eigenvalue weighted by Gasteiger charge is 1.99. The van der Waals surface area contributed by atoms with Crippen LogP contribution in [0.1, 0.15) is 5.56 Å². The van der Waals surface area contributed by atoms with Crippen molar-refractivity contribution >= 4 is 27.7 Å². The van der Waals surface area contributed by atoms with Crippen LogP contribution in [0.5, 0.6) is 0 Å². The molecule has 1 heterocycles. The van der Waals surface area contributed by atoms with Crippen molar-refractivity contribution in [2.24, 2.45) is 0 Å². The summed E-state index contributed by atoms with van der Waals surface area (Å²) in [4.78, 5) is 4.12. The van der Waals surface area contributed by atoms with Crippen LogP contribution in [-0.4, -0.2) is 16.3 Å². The molecular formula is C7H8BrNOS. The van der Waals surface area contributed by atoms with Gasteiger partial charge in [-0.15, -0.1) is 11.8 Å². The molecular weight excluding hydrogens is 226 g/mol. The van der Waals surface area contributed by atoms with Gasteiger partial charge < -0.3 is 5.11 Å². The average Bonchev–Trinajstić information content (AvgIpc) is 2.04. The highest BCUT2D eigenvalue weighted by atomic mass is 79.9. The Morgan fingerprint density at radius 2 is 2.45 bits per heavy atom. The van der Waals surface area contributed by atoms with E-state index < -0.39 is 0 Å². The fraction of sp³-hybridized carbons (Fsp3) is 0.286. The van der Waals surface area contributed by atoms with Crippen LogP contribution in [0.2, 0.25) is 0 Å². The van der Waals surface area contributed by atoms with E-state index in [9.17, 15) is 0 Å². The molecule has 2 nitrogen and oxygen atoms in total. The van der Waals surface area contributed by atoms with Crippen LogP contribution in [0.3, 0.4) is 0 Å². The standard InChI is InChI=1S/C7H8BrNOS/c1-11-7-6(8)2-5(4-10)3-9-7/h2-3,10H,4H2,1H3. The van der Waals surface area contributed by atoms with Crippen LogP contribution in [0, 0.1) is 0 Å². The van der Waals surface area contributed by atoms with Crippen molar-refractivity contribution in [2.45, 2.75) is 11.6 Å². The van der Waals surface area contributed by atoms with Gasteiger partial charge in [-0.05, 0) is 33.8 Å². The molecule has 1 rings (SSSR count). The van der Waals surface area contributed by atoms with Crippen molar-refractivity contribution in [3.8, 4) is 0 Å². The van der Waals surface area contributed by atoms with Gasteiger partial charge in [-0.25, -0.2) is 4.98 Å². The first-order valence-electron chi connectivity index (χ1n) is 3.07. The Hall–Kier alpha value is -0.0600. The maximum atomic E-state index is 8.76. The van der Waals surface area contributed by atoms with E-state index in [1.54, 1.807) is 18.0 Å². The molecule has 0 unspecified atom stereocenters. The fourth-order valence-corrected chi connectivity index (χ4v) is 2.00. The number of halogens is 1. The Labute approximate surface area is 78.2 Å². The lowest BCUT2D eigenvalue weighted by atomic mass is 10.3. The molecule has 0 saturated heterocycles. The minimum atomic E-state index is 0.0419. The fourth-order valence-electron chi connectivity index (χ4n) is 0.702. The van der Waals surface area contributed by atoms with Gasteiger partial charge in [-0.3, -0.25) is 0 Å². The molecule has 1 aromatic rings. The third-order valence-electron chi connectivity index (χ3n) is 1.24. The summed E-state index contributed by atoms with van der Waals surface area (Å²) < 4.78 is 0.941. The first-order chi connectivity index (χ1) is 5.27. The lowest BCUT2D eigenvalue weighted by molar-refractivity contribution is 0.281. The molecule has 11 heavy (non-hydrogen) atoms. The molecule has 0 saturated carbocycles. The number of aliphatic hydroxyl groups is 1. The molecule has 0 fully saturated rings. The van der Waals surface area contributed by atoms with Crippen molar-refractivity contribution in [3.63, 3.8) is 0 Å². The summed E-state index contributed by atoms with van der Waals surface area (Å²) in [6, 6.07) is 1.87. The molecule has 0 bridgehead atoms. The summed E-state index contributed by atoms with van der Waals surface area (Å²) in [7, 11) is 0. The van der Waals surface area contributed by atoms with Crippen LogP contribution < -0.4 is 0 Å². The number of aromatic nitrogens is 1. The highest BCUT2D eigenvalue weighted by molar-refractivity contribution is 9.10. The summed E-state index contributed by atoms with van der Waals surface area (Å²) in [5.74, 6) is 0. The van der Waals surface area contributed by atoms with Gasteiger partial charge in [0.25, 0.3) is 0 Å². The Balaban J connectivity index is 2.99. The maximum absolute atomic E-state index is 8.76. The number of nitrogens with zero attached hydrogens (tertiary/aromatic N) is 1. The third-order valence-corrected chi connectivity index (χ3v) is 2.82. The molecule has 0 spiro atoms. The van der Waals surface area contributed by atoms with E-state index >= 15 is 0 Å². The largest absolute Gasteiger partial charge is 0.392 e. The van der Waals surface area contributed by atoms with Gasteiger partial charge in [-0.2, -0.15) is 0 Å². The van der Waals surface area contributed by atoms with E-state index in [0.29, 0.717) is 0 Å². The van der Waals surface area contributed by atoms with Crippen molar-refractivity contribution in [3.05, 3.63) is 22.3 Å². The van der Waals surface area contributed by atoms with E-state index in [0.717, 1.165) is 15.1 Å². The normalized spacial score (nSPS) is 10.1. The van der Waals surface area contributed by atoms with Crippen molar-refractivity contribution < 1.29 is 5.11 Å². The number of rotatable bonds is 2. The summed E-state index contributed by atoms with van der Waals surface area (Å²) in [6.45, 7) is 0.0419. The SMILES string of the molecule is CSc1ncc(CO)cc1Br. The molecule has 0 aliphatic rings. The Morgan fingerprint density at radius 3 is 2.91 bits per heavy atom. The third kappa shape index (κ3) is 2.18. The Bertz CT molecular complexity index is 254. The maximum Gasteiger partial charge on any atom is 0.110 e. The summed E-state index contributed by atoms with van der Waals surface area (Å²) in [5, 5.41) is 9.70. The molecule has 1 N–H and O–H groups in total. The number of hydrogen-bond donors (Lipinski definition) is 1. The molecule has 0 atom stereocenters. The van der Waals surface area contributed by atoms with Gasteiger partial charge in [0.05, 0.1) is 11.1 Å². The molecule has 0 aliphatic heterocycles. The Morgan fingerprint density at radius 1 is 1.73 bits per heavy atom. The lowest BCUT2D eigenvalue weighted by Gasteiger charge is -2.00. The summed E-state index contributed by atoms with van der Waals surface area (Å²) in [5.41, 5.74) is 0.828. The second-order valence-corrected chi connectivity index (χ2v) is 3.64. The second-order valence-electron chi connectivity index (χ2n) is 1.99. The van der Waals surface area contributed by atoms with Crippen molar-refractivity contribution in [1.82, 2.24) is 4.98 Å². The van der Waals surface area contributed by atoms with Crippen LogP contribution in [0.4, 0.5) is 0 Å². The highest BCUT2D eigenvalue weighted by Crippen LogP contribution is 2.23. The van der Waals surface area contributed by atoms with Gasteiger partial charge in [0, 0.05) is 6.20 Å².